The molecule has 10 nitrogen and oxygen atoms in total. The smallest absolute Gasteiger partial charge is 0.338 e. The van der Waals surface area contributed by atoms with Crippen LogP contribution in [0.5, 0.6) is 11.5 Å². The molecule has 0 fully saturated rings. The van der Waals surface area contributed by atoms with Crippen LogP contribution in [-0.2, 0) is 9.53 Å². The lowest BCUT2D eigenvalue weighted by atomic mass is 9.95. The number of non-ortho nitro benzene ring substituents is 1. The van der Waals surface area contributed by atoms with E-state index < -0.39 is 16.9 Å². The lowest BCUT2D eigenvalue weighted by Crippen LogP contribution is -2.39. The summed E-state index contributed by atoms with van der Waals surface area (Å²) in [5.74, 6) is 0.522. The minimum absolute atomic E-state index is 0.0785. The number of nitro benzene ring substituents is 1. The number of allylic oxidation sites excluding steroid dienone is 1. The van der Waals surface area contributed by atoms with E-state index in [0.717, 1.165) is 11.3 Å². The number of carbonyl (C=O) groups excluding carboxylic acids is 1. The van der Waals surface area contributed by atoms with E-state index in [1.165, 1.54) is 16.7 Å². The summed E-state index contributed by atoms with van der Waals surface area (Å²) in [6.45, 7) is 3.66. The number of esters is 1. The molecule has 2 aliphatic heterocycles. The van der Waals surface area contributed by atoms with Crippen LogP contribution in [0.25, 0.3) is 6.08 Å². The summed E-state index contributed by atoms with van der Waals surface area (Å²) in [7, 11) is 0. The first-order valence-corrected chi connectivity index (χ1v) is 11.5. The zero-order chi connectivity index (χ0) is 24.7. The van der Waals surface area contributed by atoms with Crippen molar-refractivity contribution >= 4 is 29.1 Å². The second-order valence-electron chi connectivity index (χ2n) is 7.77. The molecule has 11 heteroatoms. The van der Waals surface area contributed by atoms with Crippen molar-refractivity contribution in [2.45, 2.75) is 19.9 Å². The van der Waals surface area contributed by atoms with Crippen LogP contribution in [0, 0.1) is 10.1 Å². The van der Waals surface area contributed by atoms with Crippen molar-refractivity contribution in [2.75, 3.05) is 13.4 Å². The number of rotatable bonds is 5. The summed E-state index contributed by atoms with van der Waals surface area (Å²) < 4.78 is 18.0. The summed E-state index contributed by atoms with van der Waals surface area (Å²) in [4.78, 5) is 42.2. The number of aromatic nitrogens is 1. The molecule has 0 bridgehead atoms. The van der Waals surface area contributed by atoms with Crippen molar-refractivity contribution in [3.8, 4) is 11.5 Å². The van der Waals surface area contributed by atoms with E-state index in [2.05, 4.69) is 4.99 Å². The van der Waals surface area contributed by atoms with Crippen molar-refractivity contribution < 1.29 is 23.9 Å². The van der Waals surface area contributed by atoms with E-state index >= 15 is 0 Å². The molecule has 0 saturated heterocycles. The van der Waals surface area contributed by atoms with Crippen LogP contribution in [0.3, 0.4) is 0 Å². The van der Waals surface area contributed by atoms with Crippen molar-refractivity contribution in [1.82, 2.24) is 4.57 Å². The Morgan fingerprint density at radius 3 is 2.86 bits per heavy atom. The summed E-state index contributed by atoms with van der Waals surface area (Å²) >= 11 is 1.14. The Hall–Kier alpha value is -4.25. The molecular weight excluding hydrogens is 474 g/mol. The number of ether oxygens (including phenoxy) is 3. The van der Waals surface area contributed by atoms with E-state index in [4.69, 9.17) is 14.2 Å². The monoisotopic (exact) mass is 493 g/mol. The van der Waals surface area contributed by atoms with Gasteiger partial charge in [0.25, 0.3) is 11.2 Å². The Bertz CT molecular complexity index is 1590. The average Bonchev–Trinajstić information content (AvgIpc) is 3.42. The van der Waals surface area contributed by atoms with Gasteiger partial charge in [0.15, 0.2) is 16.3 Å². The van der Waals surface area contributed by atoms with Gasteiger partial charge < -0.3 is 14.2 Å². The van der Waals surface area contributed by atoms with Gasteiger partial charge in [-0.2, -0.15) is 0 Å². The zero-order valence-electron chi connectivity index (χ0n) is 18.7. The first-order valence-electron chi connectivity index (χ1n) is 10.7. The molecular formula is C24H19N3O7S. The maximum atomic E-state index is 13.6. The van der Waals surface area contributed by atoms with Gasteiger partial charge >= 0.3 is 5.97 Å². The van der Waals surface area contributed by atoms with Gasteiger partial charge in [0.05, 0.1) is 33.4 Å². The molecule has 0 N–H and O–H groups in total. The minimum atomic E-state index is -0.799. The first-order chi connectivity index (χ1) is 16.9. The van der Waals surface area contributed by atoms with Gasteiger partial charge in [-0.3, -0.25) is 19.5 Å². The van der Waals surface area contributed by atoms with E-state index in [1.54, 1.807) is 50.3 Å². The Labute approximate surface area is 202 Å². The van der Waals surface area contributed by atoms with Crippen LogP contribution in [0.15, 0.2) is 63.5 Å². The highest BCUT2D eigenvalue weighted by Crippen LogP contribution is 2.38. The molecule has 5 rings (SSSR count). The first kappa shape index (κ1) is 22.5. The second kappa shape index (κ2) is 8.84. The summed E-state index contributed by atoms with van der Waals surface area (Å²) in [5, 5.41) is 11.1. The number of nitro groups is 1. The molecule has 35 heavy (non-hydrogen) atoms. The van der Waals surface area contributed by atoms with Crippen LogP contribution >= 0.6 is 11.3 Å². The third-order valence-electron chi connectivity index (χ3n) is 5.61. The number of nitrogens with zero attached hydrogens (tertiary/aromatic N) is 3. The third-order valence-corrected chi connectivity index (χ3v) is 6.59. The lowest BCUT2D eigenvalue weighted by Gasteiger charge is -2.24. The number of thiazole rings is 1. The van der Waals surface area contributed by atoms with Gasteiger partial charge in [-0.1, -0.05) is 29.5 Å². The fourth-order valence-corrected chi connectivity index (χ4v) is 5.12. The molecule has 3 heterocycles. The van der Waals surface area contributed by atoms with Crippen molar-refractivity contribution in [2.24, 2.45) is 4.99 Å². The molecule has 1 atom stereocenters. The topological polar surface area (TPSA) is 122 Å². The number of hydrogen-bond donors (Lipinski definition) is 0. The van der Waals surface area contributed by atoms with Gasteiger partial charge in [0.1, 0.15) is 0 Å². The normalized spacial score (nSPS) is 16.6. The highest BCUT2D eigenvalue weighted by molar-refractivity contribution is 7.07. The standard InChI is InChI=1S/C24H19N3O7S/c1-3-32-23(29)20-13(2)25-24-26(21(20)15-7-8-17-18(11-15)34-12-33-17)22(28)19(35-24)10-14-5-4-6-16(9-14)27(30)31/h4-11,21H,3,12H2,1-2H3/b19-10+. The fourth-order valence-electron chi connectivity index (χ4n) is 4.07. The molecule has 3 aromatic rings. The van der Waals surface area contributed by atoms with Crippen LogP contribution in [0.4, 0.5) is 5.69 Å². The van der Waals surface area contributed by atoms with Crippen LogP contribution in [-0.4, -0.2) is 28.9 Å². The molecule has 2 aliphatic rings. The van der Waals surface area contributed by atoms with Gasteiger partial charge in [0, 0.05) is 12.1 Å². The van der Waals surface area contributed by atoms with Crippen LogP contribution < -0.4 is 24.4 Å². The number of benzene rings is 2. The van der Waals surface area contributed by atoms with E-state index in [9.17, 15) is 19.7 Å². The molecule has 0 spiro atoms. The lowest BCUT2D eigenvalue weighted by molar-refractivity contribution is -0.384. The van der Waals surface area contributed by atoms with Crippen molar-refractivity contribution in [3.63, 3.8) is 0 Å². The van der Waals surface area contributed by atoms with Gasteiger partial charge in [0.2, 0.25) is 6.79 Å². The average molecular weight is 493 g/mol. The van der Waals surface area contributed by atoms with Crippen molar-refractivity contribution in [3.05, 3.63) is 94.7 Å². The third kappa shape index (κ3) is 3.99. The summed E-state index contributed by atoms with van der Waals surface area (Å²) in [6.07, 6.45) is 1.58. The Morgan fingerprint density at radius 1 is 1.29 bits per heavy atom. The Balaban J connectivity index is 1.71. The second-order valence-corrected chi connectivity index (χ2v) is 8.78. The molecule has 1 aromatic heterocycles. The van der Waals surface area contributed by atoms with Crippen LogP contribution in [0.2, 0.25) is 0 Å². The molecule has 0 aliphatic carbocycles. The maximum Gasteiger partial charge on any atom is 0.338 e. The largest absolute Gasteiger partial charge is 0.463 e. The zero-order valence-corrected chi connectivity index (χ0v) is 19.5. The molecule has 0 amide bonds. The quantitative estimate of drug-likeness (QED) is 0.304. The summed E-state index contributed by atoms with van der Waals surface area (Å²) in [6, 6.07) is 10.4. The predicted octanol–water partition coefficient (Wildman–Crippen LogP) is 2.44. The van der Waals surface area contributed by atoms with Gasteiger partial charge in [-0.15, -0.1) is 0 Å². The Morgan fingerprint density at radius 2 is 2.09 bits per heavy atom. The van der Waals surface area contributed by atoms with Crippen molar-refractivity contribution in [1.29, 1.82) is 0 Å². The highest BCUT2D eigenvalue weighted by atomic mass is 32.1. The van der Waals surface area contributed by atoms with Crippen LogP contribution in [0.1, 0.15) is 31.0 Å². The maximum absolute atomic E-state index is 13.6. The molecule has 0 saturated carbocycles. The number of fused-ring (bicyclic) bond motifs is 2. The number of carbonyl (C=O) groups is 1. The predicted molar refractivity (Wildman–Crippen MR) is 126 cm³/mol. The SMILES string of the molecule is CCOC(=O)C1=C(C)N=c2s/c(=C/c3cccc([N+](=O)[O-])c3)c(=O)n2C1c1ccc2c(c1)OCO2. The molecule has 2 aromatic carbocycles. The minimum Gasteiger partial charge on any atom is -0.463 e. The van der Waals surface area contributed by atoms with E-state index in [1.807, 2.05) is 0 Å². The Kier molecular flexibility index (Phi) is 5.69. The fraction of sp³-hybridized carbons (Fsp3) is 0.208. The molecule has 178 valence electrons. The van der Waals surface area contributed by atoms with E-state index in [0.29, 0.717) is 37.7 Å². The molecule has 1 unspecified atom stereocenters. The number of hydrogen-bond acceptors (Lipinski definition) is 9. The van der Waals surface area contributed by atoms with Gasteiger partial charge in [-0.05, 0) is 43.2 Å². The summed E-state index contributed by atoms with van der Waals surface area (Å²) in [5.41, 5.74) is 1.37. The highest BCUT2D eigenvalue weighted by Gasteiger charge is 2.34. The van der Waals surface area contributed by atoms with E-state index in [-0.39, 0.29) is 30.2 Å². The molecule has 0 radical (unpaired) electrons. The van der Waals surface area contributed by atoms with Gasteiger partial charge in [-0.25, -0.2) is 9.79 Å².